The van der Waals surface area contributed by atoms with Gasteiger partial charge in [-0.05, 0) is 73.6 Å². The first-order valence-electron chi connectivity index (χ1n) is 13.9. The number of carbonyl (C=O) groups excluding carboxylic acids is 5. The molecule has 4 bridgehead atoms. The molecule has 0 aliphatic carbocycles. The van der Waals surface area contributed by atoms with E-state index in [0.717, 1.165) is 12.8 Å². The van der Waals surface area contributed by atoms with Gasteiger partial charge in [0.1, 0.15) is 23.0 Å². The predicted molar refractivity (Wildman–Crippen MR) is 148 cm³/mol. The van der Waals surface area contributed by atoms with Crippen LogP contribution in [-0.4, -0.2) is 109 Å². The molecule has 7 unspecified atom stereocenters. The fourth-order valence-corrected chi connectivity index (χ4v) is 6.26. The number of fused-ring (bicyclic) bond motifs is 4. The van der Waals surface area contributed by atoms with Gasteiger partial charge in [0.2, 0.25) is 0 Å². The minimum absolute atomic E-state index is 0. The molecule has 2 amide bonds. The molecule has 0 aromatic carbocycles. The number of aliphatic hydroxyl groups excluding tert-OH is 1. The molecule has 4 saturated heterocycles. The zero-order valence-corrected chi connectivity index (χ0v) is 28.4. The summed E-state index contributed by atoms with van der Waals surface area (Å²) in [5.74, 6) is -2.70. The predicted octanol–water partition coefficient (Wildman–Crippen LogP) is -0.439. The molecule has 12 nitrogen and oxygen atoms in total. The molecule has 0 spiro atoms. The average molecular weight is 603 g/mol. The molecule has 4 aliphatic rings. The van der Waals surface area contributed by atoms with Gasteiger partial charge in [-0.25, -0.2) is 9.59 Å². The number of ether oxygens (including phenoxy) is 4. The monoisotopic (exact) mass is 603 g/mol. The molecule has 4 rings (SSSR count). The van der Waals surface area contributed by atoms with Gasteiger partial charge in [0, 0.05) is 26.9 Å². The van der Waals surface area contributed by atoms with Crippen LogP contribution in [0.4, 0.5) is 9.59 Å². The van der Waals surface area contributed by atoms with E-state index in [1.165, 1.54) is 14.2 Å². The largest absolute Gasteiger partial charge is 1.00 e. The minimum atomic E-state index is -0.869. The van der Waals surface area contributed by atoms with E-state index in [4.69, 9.17) is 18.9 Å². The molecule has 42 heavy (non-hydrogen) atoms. The zero-order valence-electron chi connectivity index (χ0n) is 27.4. The number of carbonyl (C=O) groups is 5. The van der Waals surface area contributed by atoms with E-state index in [2.05, 4.69) is 0 Å². The first kappa shape index (κ1) is 38.2. The number of rotatable bonds is 2. The molecule has 0 saturated carbocycles. The summed E-state index contributed by atoms with van der Waals surface area (Å²) < 4.78 is 20.2. The van der Waals surface area contributed by atoms with Crippen LogP contribution >= 0.6 is 0 Å². The third kappa shape index (κ3) is 8.63. The van der Waals surface area contributed by atoms with E-state index in [9.17, 15) is 29.1 Å². The molecule has 0 aromatic rings. The van der Waals surface area contributed by atoms with Crippen LogP contribution in [-0.2, 0) is 33.3 Å². The second-order valence-corrected chi connectivity index (χ2v) is 12.9. The topological polar surface area (TPSA) is 149 Å². The second-order valence-electron chi connectivity index (χ2n) is 12.9. The van der Waals surface area contributed by atoms with Crippen molar-refractivity contribution in [2.75, 3.05) is 14.2 Å². The van der Waals surface area contributed by atoms with E-state index < -0.39 is 59.3 Å². The Kier molecular flexibility index (Phi) is 13.4. The number of Topliss-reactive ketones (excluding diaryl/α,β-unsaturated/α-hetero) is 1. The van der Waals surface area contributed by atoms with Crippen molar-refractivity contribution in [2.24, 2.45) is 11.8 Å². The Bertz CT molecular complexity index is 1020. The van der Waals surface area contributed by atoms with Gasteiger partial charge in [-0.15, -0.1) is 0 Å². The Hall–Kier alpha value is -1.83. The zero-order chi connectivity index (χ0) is 30.2. The van der Waals surface area contributed by atoms with Gasteiger partial charge in [0.15, 0.2) is 5.78 Å². The first-order chi connectivity index (χ1) is 18.5. The van der Waals surface area contributed by atoms with Crippen molar-refractivity contribution >= 4 is 38.3 Å². The number of hydrogen-bond acceptors (Lipinski definition) is 10. The van der Waals surface area contributed by atoms with Crippen LogP contribution in [0.1, 0.15) is 81.5 Å². The van der Waals surface area contributed by atoms with Crippen LogP contribution in [0.25, 0.3) is 0 Å². The van der Waals surface area contributed by atoms with Gasteiger partial charge in [-0.1, -0.05) is 0 Å². The standard InChI is InChI=1S/C14H23NO5.C14H21NO5.B.Na.H/c2*1-14(2,3)20-13(18)15-8-5-6-9(15)11(10(16)7-8)12(17)19-4;;;/h8-11,16H,5-7H2,1-4H3;8-9,11H,5-7H2,1-4H3;;;/q;;;+1;-1. The third-order valence-corrected chi connectivity index (χ3v) is 7.74. The van der Waals surface area contributed by atoms with Crippen LogP contribution in [0.15, 0.2) is 0 Å². The summed E-state index contributed by atoms with van der Waals surface area (Å²) in [5.41, 5.74) is -1.17. The van der Waals surface area contributed by atoms with Crippen LogP contribution in [0.2, 0.25) is 0 Å². The van der Waals surface area contributed by atoms with Crippen LogP contribution < -0.4 is 29.6 Å². The molecule has 4 heterocycles. The minimum Gasteiger partial charge on any atom is -1.00 e. The Morgan fingerprint density at radius 1 is 0.786 bits per heavy atom. The summed E-state index contributed by atoms with van der Waals surface area (Å²) in [6.07, 6.45) is 1.83. The fraction of sp³-hybridized carbons (Fsp3) is 0.821. The maximum atomic E-state index is 12.3. The first-order valence-corrected chi connectivity index (χ1v) is 13.9. The summed E-state index contributed by atoms with van der Waals surface area (Å²) in [6.45, 7) is 10.8. The molecule has 4 aliphatic heterocycles. The Labute approximate surface area is 273 Å². The van der Waals surface area contributed by atoms with Crippen molar-refractivity contribution in [3.05, 3.63) is 0 Å². The summed E-state index contributed by atoms with van der Waals surface area (Å²) in [6, 6.07) is -0.955. The number of nitrogens with zero attached hydrogens (tertiary/aromatic N) is 2. The molecular weight excluding hydrogens is 558 g/mol. The number of amides is 2. The Balaban J connectivity index is 0.000000767. The Morgan fingerprint density at radius 3 is 1.71 bits per heavy atom. The number of hydrogen-bond donors (Lipinski definition) is 1. The number of ketones is 1. The number of piperidine rings is 2. The summed E-state index contributed by atoms with van der Waals surface area (Å²) in [4.78, 5) is 63.5. The van der Waals surface area contributed by atoms with E-state index in [-0.39, 0.29) is 69.7 Å². The summed E-state index contributed by atoms with van der Waals surface area (Å²) in [7, 11) is 2.56. The van der Waals surface area contributed by atoms with Crippen molar-refractivity contribution in [3.63, 3.8) is 0 Å². The van der Waals surface area contributed by atoms with E-state index in [0.29, 0.717) is 19.3 Å². The molecule has 3 radical (unpaired) electrons. The van der Waals surface area contributed by atoms with E-state index >= 15 is 0 Å². The molecule has 0 aromatic heterocycles. The van der Waals surface area contributed by atoms with Crippen molar-refractivity contribution in [1.82, 2.24) is 9.80 Å². The smallest absolute Gasteiger partial charge is 1.00 e. The molecule has 7 atom stereocenters. The van der Waals surface area contributed by atoms with Gasteiger partial charge in [-0.2, -0.15) is 0 Å². The van der Waals surface area contributed by atoms with Crippen molar-refractivity contribution in [2.45, 2.75) is 122 Å². The van der Waals surface area contributed by atoms with Gasteiger partial charge in [-0.3, -0.25) is 14.4 Å². The quantitative estimate of drug-likeness (QED) is 0.191. The van der Waals surface area contributed by atoms with Gasteiger partial charge in [0.25, 0.3) is 0 Å². The van der Waals surface area contributed by atoms with Crippen molar-refractivity contribution < 1.29 is 79.0 Å². The van der Waals surface area contributed by atoms with Crippen LogP contribution in [0.3, 0.4) is 0 Å². The van der Waals surface area contributed by atoms with Gasteiger partial charge in [0.05, 0.1) is 32.4 Å². The van der Waals surface area contributed by atoms with Crippen LogP contribution in [0, 0.1) is 11.8 Å². The second kappa shape index (κ2) is 14.8. The van der Waals surface area contributed by atoms with Crippen molar-refractivity contribution in [1.29, 1.82) is 0 Å². The summed E-state index contributed by atoms with van der Waals surface area (Å²) in [5, 5.41) is 10.1. The van der Waals surface area contributed by atoms with Crippen LogP contribution in [0.5, 0.6) is 0 Å². The maximum Gasteiger partial charge on any atom is 1.00 e. The van der Waals surface area contributed by atoms with Gasteiger partial charge >= 0.3 is 53.7 Å². The average Bonchev–Trinajstić information content (AvgIpc) is 3.32. The number of methoxy groups -OCH3 is 2. The molecular formula is C28H45BN2NaO10. The maximum absolute atomic E-state index is 12.3. The normalized spacial score (nSPS) is 29.6. The fourth-order valence-electron chi connectivity index (χ4n) is 6.26. The van der Waals surface area contributed by atoms with E-state index in [1.807, 2.05) is 20.8 Å². The van der Waals surface area contributed by atoms with Gasteiger partial charge < -0.3 is 35.3 Å². The number of aliphatic hydroxyl groups is 1. The van der Waals surface area contributed by atoms with E-state index in [1.54, 1.807) is 30.6 Å². The molecule has 4 fully saturated rings. The van der Waals surface area contributed by atoms with Crippen molar-refractivity contribution in [3.8, 4) is 0 Å². The number of esters is 2. The third-order valence-electron chi connectivity index (χ3n) is 7.74. The summed E-state index contributed by atoms with van der Waals surface area (Å²) >= 11 is 0. The Morgan fingerprint density at radius 2 is 1.24 bits per heavy atom. The molecule has 1 N–H and O–H groups in total. The SMILES string of the molecule is COC(=O)C1C(=O)CC2CCC1N2C(=O)OC(C)(C)C.COC(=O)C1C(O)CC2CCC1N2C(=O)OC(C)(C)C.[B].[H-].[Na+]. The molecule has 14 heteroatoms. The molecule has 231 valence electrons.